The first-order chi connectivity index (χ1) is 8.25. The lowest BCUT2D eigenvalue weighted by molar-refractivity contribution is 0.140. The summed E-state index contributed by atoms with van der Waals surface area (Å²) < 4.78 is 16.3. The summed E-state index contributed by atoms with van der Waals surface area (Å²) in [6.45, 7) is 0. The molecule has 2 aromatic rings. The van der Waals surface area contributed by atoms with Gasteiger partial charge in [0.05, 0.1) is 5.52 Å². The van der Waals surface area contributed by atoms with Gasteiger partial charge in [-0.25, -0.2) is 0 Å². The predicted molar refractivity (Wildman–Crippen MR) is 68.2 cm³/mol. The average molecular weight is 249 g/mol. The minimum Gasteiger partial charge on any atom is -0.373 e. The fraction of sp³-hybridized carbons (Fsp3) is 0.250. The average Bonchev–Trinajstić information content (AvgIpc) is 2.41. The molecular weight excluding hydrogens is 234 g/mol. The lowest BCUT2D eigenvalue weighted by Gasteiger charge is -2.24. The van der Waals surface area contributed by atoms with Gasteiger partial charge < -0.3 is 13.3 Å². The molecule has 17 heavy (non-hydrogen) atoms. The maximum Gasteiger partial charge on any atom is 0.536 e. The molecule has 0 N–H and O–H groups in total. The van der Waals surface area contributed by atoms with Crippen LogP contribution in [0.3, 0.4) is 0 Å². The number of hydrogen-bond donors (Lipinski definition) is 0. The quantitative estimate of drug-likeness (QED) is 0.766. The zero-order chi connectivity index (χ0) is 12.3. The Kier molecular flexibility index (Phi) is 3.53. The Balaban J connectivity index is 2.55. The van der Waals surface area contributed by atoms with Crippen LogP contribution in [0.2, 0.25) is 0 Å². The number of rotatable bonds is 4. The van der Waals surface area contributed by atoms with E-state index >= 15 is 0 Å². The molecule has 4 nitrogen and oxygen atoms in total. The van der Waals surface area contributed by atoms with Gasteiger partial charge in [0, 0.05) is 38.1 Å². The van der Waals surface area contributed by atoms with E-state index in [-0.39, 0.29) is 0 Å². The topological polar surface area (TPSA) is 40.6 Å². The van der Waals surface area contributed by atoms with Crippen LogP contribution in [-0.4, -0.2) is 35.1 Å². The van der Waals surface area contributed by atoms with E-state index in [1.54, 1.807) is 27.5 Å². The molecule has 90 valence electrons. The molecule has 0 saturated heterocycles. The van der Waals surface area contributed by atoms with Crippen molar-refractivity contribution in [1.82, 2.24) is 4.98 Å². The van der Waals surface area contributed by atoms with Crippen molar-refractivity contribution in [3.63, 3.8) is 0 Å². The predicted octanol–water partition coefficient (Wildman–Crippen LogP) is 1.32. The van der Waals surface area contributed by atoms with Gasteiger partial charge in [-0.2, -0.15) is 0 Å². The molecule has 2 rings (SSSR count). The van der Waals surface area contributed by atoms with Gasteiger partial charge in [-0.15, -0.1) is 0 Å². The second-order valence-corrected chi connectivity index (χ2v) is 6.49. The van der Waals surface area contributed by atoms with Crippen molar-refractivity contribution in [1.29, 1.82) is 0 Å². The molecular formula is C12H15NO3Si. The third-order valence-electron chi connectivity index (χ3n) is 2.77. The summed E-state index contributed by atoms with van der Waals surface area (Å²) >= 11 is 0. The van der Waals surface area contributed by atoms with E-state index in [4.69, 9.17) is 13.3 Å². The van der Waals surface area contributed by atoms with Gasteiger partial charge in [-0.05, 0) is 12.1 Å². The maximum absolute atomic E-state index is 5.44. The first kappa shape index (κ1) is 12.2. The highest BCUT2D eigenvalue weighted by molar-refractivity contribution is 6.75. The first-order valence-electron chi connectivity index (χ1n) is 5.26. The van der Waals surface area contributed by atoms with Gasteiger partial charge in [-0.3, -0.25) is 4.98 Å². The number of aromatic nitrogens is 1. The van der Waals surface area contributed by atoms with E-state index in [2.05, 4.69) is 4.98 Å². The van der Waals surface area contributed by atoms with Crippen LogP contribution in [-0.2, 0) is 13.3 Å². The van der Waals surface area contributed by atoms with E-state index < -0.39 is 8.80 Å². The molecule has 5 heteroatoms. The normalized spacial score (nSPS) is 11.9. The van der Waals surface area contributed by atoms with E-state index in [1.165, 1.54) is 0 Å². The Morgan fingerprint density at radius 2 is 1.71 bits per heavy atom. The van der Waals surface area contributed by atoms with Gasteiger partial charge in [0.2, 0.25) is 0 Å². The lowest BCUT2D eigenvalue weighted by atomic mass is 10.2. The monoisotopic (exact) mass is 249 g/mol. The third-order valence-corrected chi connectivity index (χ3v) is 5.40. The Bertz CT molecular complexity index is 506. The Labute approximate surface area is 102 Å². The fourth-order valence-corrected chi connectivity index (χ4v) is 3.67. The van der Waals surface area contributed by atoms with E-state index in [9.17, 15) is 0 Å². The first-order valence-corrected chi connectivity index (χ1v) is 6.99. The summed E-state index contributed by atoms with van der Waals surface area (Å²) in [7, 11) is 2.05. The summed E-state index contributed by atoms with van der Waals surface area (Å²) in [6, 6.07) is 9.85. The molecule has 0 spiro atoms. The van der Waals surface area contributed by atoms with Crippen molar-refractivity contribution in [2.45, 2.75) is 0 Å². The molecule has 0 aliphatic rings. The summed E-state index contributed by atoms with van der Waals surface area (Å²) in [5.41, 5.74) is 0.910. The molecule has 0 saturated carbocycles. The molecule has 1 heterocycles. The zero-order valence-corrected chi connectivity index (χ0v) is 11.1. The molecule has 0 unspecified atom stereocenters. The SMILES string of the molecule is CO[Si](OC)(OC)c1ccc2cccnc2c1. The second-order valence-electron chi connectivity index (χ2n) is 3.58. The summed E-state index contributed by atoms with van der Waals surface area (Å²) in [5, 5.41) is 2.00. The van der Waals surface area contributed by atoms with E-state index in [1.807, 2.05) is 30.3 Å². The molecule has 0 aliphatic heterocycles. The van der Waals surface area contributed by atoms with E-state index in [0.29, 0.717) is 0 Å². The van der Waals surface area contributed by atoms with Gasteiger partial charge >= 0.3 is 8.80 Å². The molecule has 0 fully saturated rings. The van der Waals surface area contributed by atoms with Crippen LogP contribution in [0.25, 0.3) is 10.9 Å². The minimum absolute atomic E-state index is 0.910. The highest BCUT2D eigenvalue weighted by atomic mass is 28.4. The van der Waals surface area contributed by atoms with Crippen LogP contribution in [0.4, 0.5) is 0 Å². The van der Waals surface area contributed by atoms with Crippen molar-refractivity contribution in [2.75, 3.05) is 21.3 Å². The van der Waals surface area contributed by atoms with Crippen molar-refractivity contribution in [2.24, 2.45) is 0 Å². The van der Waals surface area contributed by atoms with Gasteiger partial charge in [0.25, 0.3) is 0 Å². The summed E-state index contributed by atoms with van der Waals surface area (Å²) in [5.74, 6) is 0. The molecule has 1 aromatic carbocycles. The Morgan fingerprint density at radius 3 is 2.35 bits per heavy atom. The molecule has 0 radical (unpaired) electrons. The van der Waals surface area contributed by atoms with Gasteiger partial charge in [-0.1, -0.05) is 18.2 Å². The third kappa shape index (κ3) is 2.10. The fourth-order valence-electron chi connectivity index (χ4n) is 1.86. The van der Waals surface area contributed by atoms with Crippen molar-refractivity contribution in [3.8, 4) is 0 Å². The number of pyridine rings is 1. The Morgan fingerprint density at radius 1 is 1.00 bits per heavy atom. The minimum atomic E-state index is -2.75. The molecule has 0 aliphatic carbocycles. The van der Waals surface area contributed by atoms with Crippen LogP contribution in [0.15, 0.2) is 36.5 Å². The smallest absolute Gasteiger partial charge is 0.373 e. The van der Waals surface area contributed by atoms with Crippen LogP contribution < -0.4 is 5.19 Å². The second kappa shape index (κ2) is 4.93. The molecule has 1 aromatic heterocycles. The van der Waals surface area contributed by atoms with Crippen molar-refractivity contribution < 1.29 is 13.3 Å². The number of hydrogen-bond acceptors (Lipinski definition) is 4. The Hall–Kier alpha value is -1.27. The largest absolute Gasteiger partial charge is 0.536 e. The highest BCUT2D eigenvalue weighted by Crippen LogP contribution is 2.13. The number of benzene rings is 1. The maximum atomic E-state index is 5.44. The van der Waals surface area contributed by atoms with Crippen LogP contribution >= 0.6 is 0 Å². The van der Waals surface area contributed by atoms with E-state index in [0.717, 1.165) is 16.1 Å². The number of fused-ring (bicyclic) bond motifs is 1. The molecule has 0 bridgehead atoms. The summed E-state index contributed by atoms with van der Waals surface area (Å²) in [6.07, 6.45) is 1.77. The van der Waals surface area contributed by atoms with Crippen LogP contribution in [0, 0.1) is 0 Å². The molecule has 0 amide bonds. The van der Waals surface area contributed by atoms with Crippen molar-refractivity contribution >= 4 is 24.9 Å². The summed E-state index contributed by atoms with van der Waals surface area (Å²) in [4.78, 5) is 4.31. The van der Waals surface area contributed by atoms with Crippen molar-refractivity contribution in [3.05, 3.63) is 36.5 Å². The lowest BCUT2D eigenvalue weighted by Crippen LogP contribution is -2.54. The number of nitrogens with zero attached hydrogens (tertiary/aromatic N) is 1. The molecule has 0 atom stereocenters. The van der Waals surface area contributed by atoms with Crippen LogP contribution in [0.5, 0.6) is 0 Å². The zero-order valence-electron chi connectivity index (χ0n) is 10.1. The van der Waals surface area contributed by atoms with Gasteiger partial charge in [0.1, 0.15) is 0 Å². The highest BCUT2D eigenvalue weighted by Gasteiger charge is 2.40. The van der Waals surface area contributed by atoms with Crippen LogP contribution in [0.1, 0.15) is 0 Å². The van der Waals surface area contributed by atoms with Gasteiger partial charge in [0.15, 0.2) is 0 Å². The standard InChI is InChI=1S/C12H15NO3Si/c1-14-17(15-2,16-3)11-7-6-10-5-4-8-13-12(10)9-11/h4-9H,1-3H3.